The molecule has 0 saturated heterocycles. The van der Waals surface area contributed by atoms with Crippen molar-refractivity contribution in [2.45, 2.75) is 0 Å². The monoisotopic (exact) mass is 289 g/mol. The number of fused-ring (bicyclic) bond motifs is 1. The minimum atomic E-state index is 0.222. The number of nitrogens with two attached hydrogens (primary N) is 1. The van der Waals surface area contributed by atoms with Gasteiger partial charge in [0.1, 0.15) is 0 Å². The molecule has 0 atom stereocenters. The number of benzene rings is 2. The first-order valence-electron chi connectivity index (χ1n) is 5.63. The largest absolute Gasteiger partial charge is 0.368 e. The average Bonchev–Trinajstić information content (AvgIpc) is 2.38. The number of rotatable bonds is 1. The van der Waals surface area contributed by atoms with Gasteiger partial charge in [0.2, 0.25) is 5.95 Å². The van der Waals surface area contributed by atoms with Crippen LogP contribution in [0.2, 0.25) is 10.0 Å². The van der Waals surface area contributed by atoms with Crippen molar-refractivity contribution in [1.82, 2.24) is 9.97 Å². The Bertz CT molecular complexity index is 754. The molecule has 1 aromatic heterocycles. The minimum absolute atomic E-state index is 0.222. The van der Waals surface area contributed by atoms with Crippen LogP contribution in [0, 0.1) is 0 Å². The second-order valence-electron chi connectivity index (χ2n) is 4.07. The molecule has 5 heteroatoms. The van der Waals surface area contributed by atoms with Crippen LogP contribution in [0.1, 0.15) is 0 Å². The van der Waals surface area contributed by atoms with E-state index >= 15 is 0 Å². The van der Waals surface area contributed by atoms with Crippen molar-refractivity contribution in [3.05, 3.63) is 52.5 Å². The van der Waals surface area contributed by atoms with E-state index in [0.29, 0.717) is 15.7 Å². The van der Waals surface area contributed by atoms with E-state index in [9.17, 15) is 0 Å². The molecule has 0 bridgehead atoms. The topological polar surface area (TPSA) is 51.8 Å². The summed E-state index contributed by atoms with van der Waals surface area (Å²) >= 11 is 12.1. The zero-order chi connectivity index (χ0) is 13.4. The Morgan fingerprint density at radius 2 is 1.63 bits per heavy atom. The van der Waals surface area contributed by atoms with Crippen LogP contribution in [0.3, 0.4) is 0 Å². The first-order chi connectivity index (χ1) is 9.15. The van der Waals surface area contributed by atoms with Crippen LogP contribution in [0.4, 0.5) is 5.95 Å². The van der Waals surface area contributed by atoms with E-state index < -0.39 is 0 Å². The Labute approximate surface area is 120 Å². The Morgan fingerprint density at radius 1 is 0.895 bits per heavy atom. The first-order valence-corrected chi connectivity index (χ1v) is 6.38. The summed E-state index contributed by atoms with van der Waals surface area (Å²) in [7, 11) is 0. The van der Waals surface area contributed by atoms with Gasteiger partial charge in [-0.15, -0.1) is 0 Å². The number of hydrogen-bond acceptors (Lipinski definition) is 3. The van der Waals surface area contributed by atoms with Crippen LogP contribution in [0.15, 0.2) is 42.5 Å². The molecular formula is C14H9Cl2N3. The molecule has 3 nitrogen and oxygen atoms in total. The highest BCUT2D eigenvalue weighted by Crippen LogP contribution is 2.32. The molecule has 0 aliphatic carbocycles. The van der Waals surface area contributed by atoms with E-state index in [1.54, 1.807) is 12.1 Å². The molecule has 2 aromatic carbocycles. The molecular weight excluding hydrogens is 281 g/mol. The molecule has 0 aliphatic heterocycles. The average molecular weight is 290 g/mol. The van der Waals surface area contributed by atoms with Crippen LogP contribution >= 0.6 is 23.2 Å². The molecule has 3 aromatic rings. The van der Waals surface area contributed by atoms with E-state index in [4.69, 9.17) is 28.9 Å². The number of nitrogens with zero attached hydrogens (tertiary/aromatic N) is 2. The predicted molar refractivity (Wildman–Crippen MR) is 79.4 cm³/mol. The van der Waals surface area contributed by atoms with Gasteiger partial charge in [-0.3, -0.25) is 0 Å². The zero-order valence-corrected chi connectivity index (χ0v) is 11.3. The van der Waals surface area contributed by atoms with E-state index in [1.165, 1.54) is 0 Å². The van der Waals surface area contributed by atoms with Crippen LogP contribution < -0.4 is 5.73 Å². The lowest BCUT2D eigenvalue weighted by molar-refractivity contribution is 1.24. The minimum Gasteiger partial charge on any atom is -0.368 e. The maximum Gasteiger partial charge on any atom is 0.221 e. The zero-order valence-electron chi connectivity index (χ0n) is 9.77. The van der Waals surface area contributed by atoms with Crippen molar-refractivity contribution in [3.63, 3.8) is 0 Å². The summed E-state index contributed by atoms with van der Waals surface area (Å²) in [6, 6.07) is 12.9. The van der Waals surface area contributed by atoms with Crippen molar-refractivity contribution in [2.24, 2.45) is 0 Å². The van der Waals surface area contributed by atoms with Gasteiger partial charge in [-0.25, -0.2) is 9.97 Å². The van der Waals surface area contributed by atoms with Gasteiger partial charge in [-0.1, -0.05) is 41.4 Å². The van der Waals surface area contributed by atoms with E-state index in [0.717, 1.165) is 16.5 Å². The number of halogens is 2. The highest BCUT2D eigenvalue weighted by Gasteiger charge is 2.11. The molecule has 94 valence electrons. The molecule has 2 N–H and O–H groups in total. The summed E-state index contributed by atoms with van der Waals surface area (Å²) in [6.07, 6.45) is 0. The predicted octanol–water partition coefficient (Wildman–Crippen LogP) is 4.19. The Hall–Kier alpha value is -1.84. The van der Waals surface area contributed by atoms with Gasteiger partial charge in [-0.05, 0) is 24.3 Å². The van der Waals surface area contributed by atoms with Gasteiger partial charge in [0, 0.05) is 16.0 Å². The van der Waals surface area contributed by atoms with Gasteiger partial charge in [0.05, 0.1) is 16.2 Å². The Kier molecular flexibility index (Phi) is 3.01. The number of anilines is 1. The van der Waals surface area contributed by atoms with Gasteiger partial charge in [0.15, 0.2) is 0 Å². The molecule has 3 rings (SSSR count). The van der Waals surface area contributed by atoms with Crippen molar-refractivity contribution >= 4 is 40.1 Å². The molecule has 0 radical (unpaired) electrons. The first kappa shape index (κ1) is 12.2. The fourth-order valence-electron chi connectivity index (χ4n) is 1.98. The summed E-state index contributed by atoms with van der Waals surface area (Å²) in [5.41, 5.74) is 8.09. The fourth-order valence-corrected chi connectivity index (χ4v) is 2.36. The number of aromatic nitrogens is 2. The van der Waals surface area contributed by atoms with Crippen LogP contribution in [-0.4, -0.2) is 9.97 Å². The summed E-state index contributed by atoms with van der Waals surface area (Å²) < 4.78 is 0. The second kappa shape index (κ2) is 4.68. The van der Waals surface area contributed by atoms with Gasteiger partial charge in [-0.2, -0.15) is 0 Å². The van der Waals surface area contributed by atoms with Gasteiger partial charge >= 0.3 is 0 Å². The summed E-state index contributed by atoms with van der Waals surface area (Å²) in [5.74, 6) is 0.222. The summed E-state index contributed by atoms with van der Waals surface area (Å²) in [5, 5.41) is 2.06. The quantitative estimate of drug-likeness (QED) is 0.731. The standard InChI is InChI=1S/C14H9Cl2N3/c15-9-6-4-8(5-7-9)13-12-10(16)2-1-3-11(12)18-14(17)19-13/h1-7H,(H2,17,18,19). The molecule has 0 unspecified atom stereocenters. The fraction of sp³-hybridized carbons (Fsp3) is 0. The molecule has 0 saturated carbocycles. The number of hydrogen-bond donors (Lipinski definition) is 1. The molecule has 0 fully saturated rings. The third kappa shape index (κ3) is 2.23. The molecule has 19 heavy (non-hydrogen) atoms. The van der Waals surface area contributed by atoms with Gasteiger partial charge < -0.3 is 5.73 Å². The highest BCUT2D eigenvalue weighted by molar-refractivity contribution is 6.36. The lowest BCUT2D eigenvalue weighted by atomic mass is 10.1. The normalized spacial score (nSPS) is 10.8. The van der Waals surface area contributed by atoms with E-state index in [-0.39, 0.29) is 5.95 Å². The second-order valence-corrected chi connectivity index (χ2v) is 4.91. The van der Waals surface area contributed by atoms with Crippen molar-refractivity contribution in [1.29, 1.82) is 0 Å². The number of nitrogen functional groups attached to an aromatic ring is 1. The maximum atomic E-state index is 6.25. The highest BCUT2D eigenvalue weighted by atomic mass is 35.5. The van der Waals surface area contributed by atoms with Crippen molar-refractivity contribution < 1.29 is 0 Å². The summed E-state index contributed by atoms with van der Waals surface area (Å²) in [4.78, 5) is 8.50. The van der Waals surface area contributed by atoms with Gasteiger partial charge in [0.25, 0.3) is 0 Å². The Balaban J connectivity index is 2.36. The van der Waals surface area contributed by atoms with E-state index in [1.807, 2.05) is 30.3 Å². The maximum absolute atomic E-state index is 6.25. The molecule has 1 heterocycles. The van der Waals surface area contributed by atoms with Crippen molar-refractivity contribution in [2.75, 3.05) is 5.73 Å². The lowest BCUT2D eigenvalue weighted by Crippen LogP contribution is -1.98. The molecule has 0 aliphatic rings. The third-order valence-electron chi connectivity index (χ3n) is 2.81. The van der Waals surface area contributed by atoms with Crippen LogP contribution in [-0.2, 0) is 0 Å². The van der Waals surface area contributed by atoms with Crippen molar-refractivity contribution in [3.8, 4) is 11.3 Å². The molecule has 0 amide bonds. The van der Waals surface area contributed by atoms with E-state index in [2.05, 4.69) is 9.97 Å². The SMILES string of the molecule is Nc1nc(-c2ccc(Cl)cc2)c2c(Cl)cccc2n1. The molecule has 0 spiro atoms. The summed E-state index contributed by atoms with van der Waals surface area (Å²) in [6.45, 7) is 0. The lowest BCUT2D eigenvalue weighted by Gasteiger charge is -2.08. The van der Waals surface area contributed by atoms with Crippen LogP contribution in [0.25, 0.3) is 22.2 Å². The third-order valence-corrected chi connectivity index (χ3v) is 3.37. The smallest absolute Gasteiger partial charge is 0.221 e. The van der Waals surface area contributed by atoms with Crippen LogP contribution in [0.5, 0.6) is 0 Å². The Morgan fingerprint density at radius 3 is 2.37 bits per heavy atom.